The molecule has 3 atom stereocenters. The molecule has 1 aromatic rings. The molecule has 3 rings (SSSR count). The first-order valence-corrected chi connectivity index (χ1v) is 11.2. The van der Waals surface area contributed by atoms with Crippen LogP contribution in [0.15, 0.2) is 6.20 Å². The number of likely N-dealkylation sites (N-methyl/N-ethyl adjacent to an activating group) is 2. The van der Waals surface area contributed by atoms with Crippen LogP contribution in [0.5, 0.6) is 0 Å². The lowest BCUT2D eigenvalue weighted by Gasteiger charge is -2.47. The number of carbonyl (C=O) groups is 1. The van der Waals surface area contributed by atoms with Crippen LogP contribution >= 0.6 is 0 Å². The standard InChI is InChI=1S/C22H38N6O/c1-5-7-28-15-16(11-21(29)27(6-2)9-8-26(3)4)10-17-12-19-18(13-20(17)28)14-24-22(23)25-19/h14,16-17,20H,5-13,15H2,1-4H3,(H2,23,24,25)/t16-,17-,20-/m1/s1. The first kappa shape index (κ1) is 22.0. The summed E-state index contributed by atoms with van der Waals surface area (Å²) in [4.78, 5) is 28.5. The van der Waals surface area contributed by atoms with E-state index in [4.69, 9.17) is 5.73 Å². The van der Waals surface area contributed by atoms with Gasteiger partial charge in [0.15, 0.2) is 0 Å². The molecule has 162 valence electrons. The van der Waals surface area contributed by atoms with Crippen LogP contribution < -0.4 is 5.73 Å². The van der Waals surface area contributed by atoms with Gasteiger partial charge in [0.1, 0.15) is 0 Å². The molecule has 0 unspecified atom stereocenters. The van der Waals surface area contributed by atoms with Gasteiger partial charge in [-0.05, 0) is 70.6 Å². The molecule has 7 nitrogen and oxygen atoms in total. The highest BCUT2D eigenvalue weighted by atomic mass is 16.2. The number of nitrogen functional groups attached to an aromatic ring is 1. The second-order valence-electron chi connectivity index (χ2n) is 9.01. The second-order valence-corrected chi connectivity index (χ2v) is 9.01. The molecule has 1 aliphatic heterocycles. The van der Waals surface area contributed by atoms with Crippen LogP contribution in [0.4, 0.5) is 5.95 Å². The van der Waals surface area contributed by atoms with E-state index in [1.807, 2.05) is 11.1 Å². The van der Waals surface area contributed by atoms with Crippen molar-refractivity contribution in [3.05, 3.63) is 17.5 Å². The highest BCUT2D eigenvalue weighted by molar-refractivity contribution is 5.76. The molecule has 1 fully saturated rings. The van der Waals surface area contributed by atoms with Crippen molar-refractivity contribution in [1.29, 1.82) is 0 Å². The maximum atomic E-state index is 13.0. The molecule has 1 aliphatic carbocycles. The van der Waals surface area contributed by atoms with E-state index in [2.05, 4.69) is 47.7 Å². The van der Waals surface area contributed by atoms with Crippen LogP contribution in [0.3, 0.4) is 0 Å². The lowest BCUT2D eigenvalue weighted by Crippen LogP contribution is -2.53. The first-order chi connectivity index (χ1) is 13.9. The van der Waals surface area contributed by atoms with Gasteiger partial charge in [0.05, 0.1) is 0 Å². The van der Waals surface area contributed by atoms with Crippen LogP contribution in [0.1, 0.15) is 44.4 Å². The van der Waals surface area contributed by atoms with Crippen LogP contribution in [-0.2, 0) is 17.6 Å². The quantitative estimate of drug-likeness (QED) is 0.713. The molecular weight excluding hydrogens is 364 g/mol. The van der Waals surface area contributed by atoms with Gasteiger partial charge in [0.25, 0.3) is 0 Å². The van der Waals surface area contributed by atoms with Crippen molar-refractivity contribution in [1.82, 2.24) is 24.7 Å². The molecule has 0 saturated carbocycles. The Morgan fingerprint density at radius 2 is 2.07 bits per heavy atom. The number of aromatic nitrogens is 2. The summed E-state index contributed by atoms with van der Waals surface area (Å²) < 4.78 is 0. The third-order valence-corrected chi connectivity index (χ3v) is 6.53. The minimum atomic E-state index is 0.303. The zero-order valence-electron chi connectivity index (χ0n) is 18.6. The number of likely N-dealkylation sites (tertiary alicyclic amines) is 1. The highest BCUT2D eigenvalue weighted by Gasteiger charge is 2.40. The molecule has 0 bridgehead atoms. The van der Waals surface area contributed by atoms with Gasteiger partial charge < -0.3 is 15.5 Å². The van der Waals surface area contributed by atoms with E-state index in [0.29, 0.717) is 36.2 Å². The summed E-state index contributed by atoms with van der Waals surface area (Å²) in [5, 5.41) is 0. The predicted octanol–water partition coefficient (Wildman–Crippen LogP) is 1.67. The molecule has 1 amide bonds. The van der Waals surface area contributed by atoms with Crippen LogP contribution in [-0.4, -0.2) is 83.4 Å². The van der Waals surface area contributed by atoms with Gasteiger partial charge in [0.2, 0.25) is 11.9 Å². The molecule has 2 N–H and O–H groups in total. The van der Waals surface area contributed by atoms with Gasteiger partial charge in [-0.25, -0.2) is 9.97 Å². The van der Waals surface area contributed by atoms with Crippen LogP contribution in [0.25, 0.3) is 0 Å². The van der Waals surface area contributed by atoms with Crippen LogP contribution in [0.2, 0.25) is 0 Å². The molecule has 2 aliphatic rings. The fourth-order valence-electron chi connectivity index (χ4n) is 5.07. The molecular formula is C22H38N6O. The van der Waals surface area contributed by atoms with E-state index in [9.17, 15) is 4.79 Å². The van der Waals surface area contributed by atoms with Crippen molar-refractivity contribution < 1.29 is 4.79 Å². The van der Waals surface area contributed by atoms with E-state index in [0.717, 1.165) is 64.1 Å². The Balaban J connectivity index is 1.68. The van der Waals surface area contributed by atoms with Gasteiger partial charge in [-0.15, -0.1) is 0 Å². The maximum Gasteiger partial charge on any atom is 0.222 e. The van der Waals surface area contributed by atoms with Crippen molar-refractivity contribution in [3.63, 3.8) is 0 Å². The van der Waals surface area contributed by atoms with E-state index < -0.39 is 0 Å². The Kier molecular flexibility index (Phi) is 7.46. The number of fused-ring (bicyclic) bond motifs is 2. The molecule has 1 saturated heterocycles. The van der Waals surface area contributed by atoms with Gasteiger partial charge >= 0.3 is 0 Å². The van der Waals surface area contributed by atoms with E-state index >= 15 is 0 Å². The highest BCUT2D eigenvalue weighted by Crippen LogP contribution is 2.37. The monoisotopic (exact) mass is 402 g/mol. The third-order valence-electron chi connectivity index (χ3n) is 6.53. The fourth-order valence-corrected chi connectivity index (χ4v) is 5.07. The SMILES string of the molecule is CCCN1C[C@@H](CC(=O)N(CC)CCN(C)C)C[C@@H]2Cc3nc(N)ncc3C[C@H]21. The summed E-state index contributed by atoms with van der Waals surface area (Å²) in [7, 11) is 4.11. The number of anilines is 1. The zero-order valence-corrected chi connectivity index (χ0v) is 18.6. The van der Waals surface area contributed by atoms with Crippen molar-refractivity contribution in [3.8, 4) is 0 Å². The second kappa shape index (κ2) is 9.85. The van der Waals surface area contributed by atoms with Crippen LogP contribution in [0, 0.1) is 11.8 Å². The smallest absolute Gasteiger partial charge is 0.222 e. The number of carbonyl (C=O) groups excluding carboxylic acids is 1. The van der Waals surface area contributed by atoms with Crippen molar-refractivity contribution in [2.45, 2.75) is 52.0 Å². The summed E-state index contributed by atoms with van der Waals surface area (Å²) in [6.45, 7) is 8.94. The van der Waals surface area contributed by atoms with Crippen molar-refractivity contribution in [2.75, 3.05) is 52.6 Å². The number of nitrogens with zero attached hydrogens (tertiary/aromatic N) is 5. The Bertz CT molecular complexity index is 694. The van der Waals surface area contributed by atoms with E-state index in [1.54, 1.807) is 0 Å². The lowest BCUT2D eigenvalue weighted by molar-refractivity contribution is -0.133. The molecule has 2 heterocycles. The van der Waals surface area contributed by atoms with E-state index in [-0.39, 0.29) is 0 Å². The maximum absolute atomic E-state index is 13.0. The summed E-state index contributed by atoms with van der Waals surface area (Å²) in [5.41, 5.74) is 8.19. The largest absolute Gasteiger partial charge is 0.368 e. The number of hydrogen-bond donors (Lipinski definition) is 1. The predicted molar refractivity (Wildman–Crippen MR) is 117 cm³/mol. The fraction of sp³-hybridized carbons (Fsp3) is 0.773. The summed E-state index contributed by atoms with van der Waals surface area (Å²) in [6, 6.07) is 0.539. The Morgan fingerprint density at radius 1 is 1.28 bits per heavy atom. The molecule has 29 heavy (non-hydrogen) atoms. The number of piperidine rings is 1. The Labute approximate surface area is 175 Å². The third kappa shape index (κ3) is 5.45. The Hall–Kier alpha value is -1.73. The lowest BCUT2D eigenvalue weighted by atomic mass is 9.73. The molecule has 1 aromatic heterocycles. The molecule has 0 spiro atoms. The number of nitrogens with two attached hydrogens (primary N) is 1. The average molecular weight is 403 g/mol. The minimum absolute atomic E-state index is 0.303. The summed E-state index contributed by atoms with van der Waals surface area (Å²) in [5.74, 6) is 1.64. The minimum Gasteiger partial charge on any atom is -0.368 e. The summed E-state index contributed by atoms with van der Waals surface area (Å²) in [6.07, 6.45) is 6.77. The molecule has 0 aromatic carbocycles. The van der Waals surface area contributed by atoms with Gasteiger partial charge in [0, 0.05) is 50.5 Å². The number of amides is 1. The zero-order chi connectivity index (χ0) is 21.0. The number of hydrogen-bond acceptors (Lipinski definition) is 6. The van der Waals surface area contributed by atoms with Gasteiger partial charge in [-0.3, -0.25) is 9.69 Å². The molecule has 7 heteroatoms. The Morgan fingerprint density at radius 3 is 2.76 bits per heavy atom. The van der Waals surface area contributed by atoms with Gasteiger partial charge in [-0.2, -0.15) is 0 Å². The van der Waals surface area contributed by atoms with Crippen molar-refractivity contribution >= 4 is 11.9 Å². The van der Waals surface area contributed by atoms with Gasteiger partial charge in [-0.1, -0.05) is 6.92 Å². The van der Waals surface area contributed by atoms with E-state index in [1.165, 1.54) is 5.56 Å². The average Bonchev–Trinajstić information content (AvgIpc) is 2.67. The normalized spacial score (nSPS) is 24.2. The first-order valence-electron chi connectivity index (χ1n) is 11.2. The topological polar surface area (TPSA) is 78.6 Å². The van der Waals surface area contributed by atoms with Crippen molar-refractivity contribution in [2.24, 2.45) is 11.8 Å². The number of rotatable bonds is 8. The molecule has 0 radical (unpaired) electrons. The summed E-state index contributed by atoms with van der Waals surface area (Å²) >= 11 is 0.